The number of hydrogen-bond acceptors (Lipinski definition) is 4. The van der Waals surface area contributed by atoms with Crippen LogP contribution in [0.1, 0.15) is 11.1 Å². The first-order valence-electron chi connectivity index (χ1n) is 7.47. The molecule has 1 heterocycles. The van der Waals surface area contributed by atoms with Gasteiger partial charge in [-0.2, -0.15) is 0 Å². The van der Waals surface area contributed by atoms with Gasteiger partial charge in [-0.3, -0.25) is 4.79 Å². The third-order valence-corrected chi connectivity index (χ3v) is 4.07. The van der Waals surface area contributed by atoms with Crippen molar-refractivity contribution in [2.75, 3.05) is 24.8 Å². The summed E-state index contributed by atoms with van der Waals surface area (Å²) >= 11 is 0. The van der Waals surface area contributed by atoms with Crippen molar-refractivity contribution in [3.8, 4) is 11.5 Å². The number of aryl methyl sites for hydroxylation is 1. The molecule has 1 aliphatic heterocycles. The van der Waals surface area contributed by atoms with E-state index in [1.807, 2.05) is 37.3 Å². The molecule has 1 aliphatic rings. The van der Waals surface area contributed by atoms with E-state index in [1.54, 1.807) is 25.1 Å². The molecule has 120 valence electrons. The summed E-state index contributed by atoms with van der Waals surface area (Å²) in [4.78, 5) is 14.2. The maximum atomic E-state index is 12.6. The van der Waals surface area contributed by atoms with Gasteiger partial charge in [0.1, 0.15) is 11.5 Å². The average Bonchev–Trinajstić information content (AvgIpc) is 2.53. The third kappa shape index (κ3) is 2.82. The number of hydrogen-bond donors (Lipinski definition) is 1. The Kier molecular flexibility index (Phi) is 3.86. The van der Waals surface area contributed by atoms with Crippen LogP contribution < -0.4 is 20.1 Å². The molecule has 5 nitrogen and oxygen atoms in total. The van der Waals surface area contributed by atoms with Gasteiger partial charge in [-0.1, -0.05) is 12.1 Å². The average molecular weight is 312 g/mol. The van der Waals surface area contributed by atoms with Crippen molar-refractivity contribution in [1.29, 1.82) is 0 Å². The van der Waals surface area contributed by atoms with Gasteiger partial charge in [0.2, 0.25) is 0 Å². The second-order valence-corrected chi connectivity index (χ2v) is 5.76. The van der Waals surface area contributed by atoms with Crippen LogP contribution in [-0.4, -0.2) is 26.2 Å². The van der Waals surface area contributed by atoms with E-state index in [9.17, 15) is 4.79 Å². The van der Waals surface area contributed by atoms with Gasteiger partial charge >= 0.3 is 0 Å². The summed E-state index contributed by atoms with van der Waals surface area (Å²) in [6, 6.07) is 11.4. The molecule has 0 fully saturated rings. The van der Waals surface area contributed by atoms with Crippen molar-refractivity contribution in [2.24, 2.45) is 0 Å². The number of nitrogens with two attached hydrogens (primary N) is 1. The number of ether oxygens (including phenoxy) is 2. The Labute approximate surface area is 135 Å². The minimum absolute atomic E-state index is 0.0579. The molecule has 0 radical (unpaired) electrons. The Hall–Kier alpha value is -2.69. The number of carbonyl (C=O) groups excluding carboxylic acids is 1. The Balaban J connectivity index is 1.85. The number of nitrogen functional groups attached to an aromatic ring is 1. The molecule has 0 aliphatic carbocycles. The largest absolute Gasteiger partial charge is 0.495 e. The Morgan fingerprint density at radius 2 is 2.04 bits per heavy atom. The first-order chi connectivity index (χ1) is 11.0. The first kappa shape index (κ1) is 15.2. The Morgan fingerprint density at radius 3 is 2.74 bits per heavy atom. The van der Waals surface area contributed by atoms with Gasteiger partial charge in [0.15, 0.2) is 6.10 Å². The lowest BCUT2D eigenvalue weighted by atomic mass is 10.0. The number of likely N-dealkylation sites (N-methyl/N-ethyl adjacent to an activating group) is 1. The summed E-state index contributed by atoms with van der Waals surface area (Å²) in [6.07, 6.45) is -0.0898. The van der Waals surface area contributed by atoms with Crippen LogP contribution in [0, 0.1) is 6.92 Å². The van der Waals surface area contributed by atoms with Crippen LogP contribution in [-0.2, 0) is 11.2 Å². The smallest absolute Gasteiger partial charge is 0.268 e. The van der Waals surface area contributed by atoms with Crippen LogP contribution in [0.15, 0.2) is 36.4 Å². The maximum Gasteiger partial charge on any atom is 0.268 e. The zero-order chi connectivity index (χ0) is 16.6. The van der Waals surface area contributed by atoms with Crippen molar-refractivity contribution < 1.29 is 14.3 Å². The summed E-state index contributed by atoms with van der Waals surface area (Å²) in [7, 11) is 3.35. The van der Waals surface area contributed by atoms with Crippen molar-refractivity contribution in [3.05, 3.63) is 47.5 Å². The SMILES string of the molecule is COc1ccc(CC2Oc3ccc(C)cc3N(C)C2=O)cc1N. The van der Waals surface area contributed by atoms with Gasteiger partial charge in [0.25, 0.3) is 5.91 Å². The lowest BCUT2D eigenvalue weighted by Crippen LogP contribution is -2.44. The second-order valence-electron chi connectivity index (χ2n) is 5.76. The molecule has 3 rings (SSSR count). The number of rotatable bonds is 3. The molecule has 0 saturated heterocycles. The van der Waals surface area contributed by atoms with Gasteiger partial charge in [-0.25, -0.2) is 0 Å². The van der Waals surface area contributed by atoms with Crippen molar-refractivity contribution in [2.45, 2.75) is 19.4 Å². The van der Waals surface area contributed by atoms with Crippen LogP contribution in [0.2, 0.25) is 0 Å². The Morgan fingerprint density at radius 1 is 1.26 bits per heavy atom. The number of nitrogens with zero attached hydrogens (tertiary/aromatic N) is 1. The second kappa shape index (κ2) is 5.83. The summed E-state index contributed by atoms with van der Waals surface area (Å²) < 4.78 is 11.1. The van der Waals surface area contributed by atoms with Crippen LogP contribution >= 0.6 is 0 Å². The van der Waals surface area contributed by atoms with E-state index >= 15 is 0 Å². The highest BCUT2D eigenvalue weighted by atomic mass is 16.5. The molecule has 0 bridgehead atoms. The molecule has 23 heavy (non-hydrogen) atoms. The molecule has 1 amide bonds. The van der Waals surface area contributed by atoms with Gasteiger partial charge in [-0.15, -0.1) is 0 Å². The standard InChI is InChI=1S/C18H20N2O3/c1-11-4-6-16-14(8-11)20(2)18(21)17(23-16)10-12-5-7-15(22-3)13(19)9-12/h4-9,17H,10,19H2,1-3H3. The minimum atomic E-state index is -0.553. The molecule has 1 unspecified atom stereocenters. The lowest BCUT2D eigenvalue weighted by molar-refractivity contribution is -0.125. The fourth-order valence-electron chi connectivity index (χ4n) is 2.78. The summed E-state index contributed by atoms with van der Waals surface area (Å²) in [5, 5.41) is 0. The van der Waals surface area contributed by atoms with E-state index in [4.69, 9.17) is 15.2 Å². The maximum absolute atomic E-state index is 12.6. The van der Waals surface area contributed by atoms with E-state index < -0.39 is 6.10 Å². The highest BCUT2D eigenvalue weighted by Crippen LogP contribution is 2.35. The van der Waals surface area contributed by atoms with Crippen LogP contribution in [0.25, 0.3) is 0 Å². The summed E-state index contributed by atoms with van der Waals surface area (Å²) in [6.45, 7) is 1.99. The van der Waals surface area contributed by atoms with Crippen LogP contribution in [0.3, 0.4) is 0 Å². The van der Waals surface area contributed by atoms with E-state index in [2.05, 4.69) is 0 Å². The summed E-state index contributed by atoms with van der Waals surface area (Å²) in [5.74, 6) is 1.30. The molecule has 5 heteroatoms. The predicted octanol–water partition coefficient (Wildman–Crippen LogP) is 2.55. The van der Waals surface area contributed by atoms with Gasteiger partial charge in [0, 0.05) is 13.5 Å². The zero-order valence-electron chi connectivity index (χ0n) is 13.5. The Bertz CT molecular complexity index is 758. The topological polar surface area (TPSA) is 64.8 Å². The monoisotopic (exact) mass is 312 g/mol. The number of carbonyl (C=O) groups is 1. The predicted molar refractivity (Wildman–Crippen MR) is 90.1 cm³/mol. The summed E-state index contributed by atoms with van der Waals surface area (Å²) in [5.41, 5.74) is 9.32. The van der Waals surface area contributed by atoms with Gasteiger partial charge < -0.3 is 20.1 Å². The highest BCUT2D eigenvalue weighted by Gasteiger charge is 2.32. The number of fused-ring (bicyclic) bond motifs is 1. The molecule has 2 N–H and O–H groups in total. The van der Waals surface area contributed by atoms with Gasteiger partial charge in [-0.05, 0) is 42.3 Å². The molecular formula is C18H20N2O3. The van der Waals surface area contributed by atoms with Gasteiger partial charge in [0.05, 0.1) is 18.5 Å². The third-order valence-electron chi connectivity index (χ3n) is 4.07. The molecule has 0 spiro atoms. The van der Waals surface area contributed by atoms with Crippen LogP contribution in [0.4, 0.5) is 11.4 Å². The lowest BCUT2D eigenvalue weighted by Gasteiger charge is -2.32. The first-order valence-corrected chi connectivity index (χ1v) is 7.47. The number of anilines is 2. The van der Waals surface area contributed by atoms with Crippen molar-refractivity contribution in [1.82, 2.24) is 0 Å². The molecular weight excluding hydrogens is 292 g/mol. The fraction of sp³-hybridized carbons (Fsp3) is 0.278. The number of methoxy groups -OCH3 is 1. The molecule has 2 aromatic rings. The molecule has 0 aromatic heterocycles. The number of benzene rings is 2. The highest BCUT2D eigenvalue weighted by molar-refractivity contribution is 5.99. The molecule has 0 saturated carbocycles. The molecule has 1 atom stereocenters. The number of amides is 1. The van der Waals surface area contributed by atoms with Crippen LogP contribution in [0.5, 0.6) is 11.5 Å². The normalized spacial score (nSPS) is 16.7. The van der Waals surface area contributed by atoms with E-state index in [0.29, 0.717) is 17.9 Å². The van der Waals surface area contributed by atoms with Crippen molar-refractivity contribution >= 4 is 17.3 Å². The van der Waals surface area contributed by atoms with E-state index in [1.165, 1.54) is 0 Å². The quantitative estimate of drug-likeness (QED) is 0.885. The minimum Gasteiger partial charge on any atom is -0.495 e. The van der Waals surface area contributed by atoms with E-state index in [0.717, 1.165) is 22.6 Å². The molecule has 2 aromatic carbocycles. The fourth-order valence-corrected chi connectivity index (χ4v) is 2.78. The zero-order valence-corrected chi connectivity index (χ0v) is 13.5. The van der Waals surface area contributed by atoms with E-state index in [-0.39, 0.29) is 5.91 Å². The van der Waals surface area contributed by atoms with Crippen molar-refractivity contribution in [3.63, 3.8) is 0 Å².